The van der Waals surface area contributed by atoms with E-state index in [-0.39, 0.29) is 22.0 Å². The van der Waals surface area contributed by atoms with Crippen LogP contribution in [0.5, 0.6) is 0 Å². The summed E-state index contributed by atoms with van der Waals surface area (Å²) in [5, 5.41) is 8.51. The molecule has 0 atom stereocenters. The summed E-state index contributed by atoms with van der Waals surface area (Å²) in [4.78, 5) is 24.2. The molecule has 100 valence electrons. The number of carbonyl (C=O) groups excluding carboxylic acids is 2. The minimum Gasteiger partial charge on any atom is -0.351 e. The van der Waals surface area contributed by atoms with Crippen molar-refractivity contribution in [3.8, 4) is 0 Å². The number of nitrogens with zero attached hydrogens (tertiary/aromatic N) is 1. The third kappa shape index (κ3) is 1.90. The van der Waals surface area contributed by atoms with Crippen LogP contribution in [-0.2, 0) is 0 Å². The second kappa shape index (κ2) is 4.57. The lowest BCUT2D eigenvalue weighted by Crippen LogP contribution is -2.23. The first-order valence-electron chi connectivity index (χ1n) is 5.63. The molecule has 0 unspecified atom stereocenters. The van der Waals surface area contributed by atoms with E-state index in [1.807, 2.05) is 0 Å². The molecule has 2 aromatic rings. The zero-order valence-corrected chi connectivity index (χ0v) is 10.7. The van der Waals surface area contributed by atoms with Crippen LogP contribution in [0.15, 0.2) is 41.2 Å². The van der Waals surface area contributed by atoms with Crippen LogP contribution < -0.4 is 5.32 Å². The number of anilines is 1. The van der Waals surface area contributed by atoms with E-state index in [9.17, 15) is 14.0 Å². The zero-order chi connectivity index (χ0) is 14.3. The van der Waals surface area contributed by atoms with E-state index in [0.717, 1.165) is 0 Å². The minimum absolute atomic E-state index is 0.0600. The van der Waals surface area contributed by atoms with Gasteiger partial charge in [0.25, 0.3) is 0 Å². The summed E-state index contributed by atoms with van der Waals surface area (Å²) in [6.07, 6.45) is 1.26. The molecule has 20 heavy (non-hydrogen) atoms. The molecule has 1 aromatic carbocycles. The van der Waals surface area contributed by atoms with Crippen LogP contribution in [0.4, 0.5) is 10.1 Å². The van der Waals surface area contributed by atoms with Gasteiger partial charge in [-0.05, 0) is 18.2 Å². The Bertz CT molecular complexity index is 766. The normalized spacial score (nSPS) is 14.5. The molecule has 3 rings (SSSR count). The fourth-order valence-corrected chi connectivity index (χ4v) is 2.14. The van der Waals surface area contributed by atoms with E-state index in [4.69, 9.17) is 11.6 Å². The highest BCUT2D eigenvalue weighted by Gasteiger charge is 2.33. The van der Waals surface area contributed by atoms with E-state index in [2.05, 4.69) is 15.5 Å². The Labute approximate surface area is 117 Å². The van der Waals surface area contributed by atoms with Crippen molar-refractivity contribution in [3.05, 3.63) is 58.3 Å². The van der Waals surface area contributed by atoms with Crippen molar-refractivity contribution >= 4 is 28.9 Å². The van der Waals surface area contributed by atoms with Gasteiger partial charge >= 0.3 is 0 Å². The number of carbonyl (C=O) groups is 2. The number of hydrogen-bond donors (Lipinski definition) is 2. The molecule has 1 heterocycles. The second-order valence-electron chi connectivity index (χ2n) is 4.14. The summed E-state index contributed by atoms with van der Waals surface area (Å²) in [7, 11) is 0. The molecule has 0 amide bonds. The maximum absolute atomic E-state index is 13.1. The Morgan fingerprint density at radius 3 is 2.80 bits per heavy atom. The van der Waals surface area contributed by atoms with Crippen LogP contribution in [0.3, 0.4) is 0 Å². The van der Waals surface area contributed by atoms with Crippen LogP contribution in [0.1, 0.15) is 20.8 Å². The van der Waals surface area contributed by atoms with Gasteiger partial charge in [0.15, 0.2) is 0 Å². The number of allylic oxidation sites excluding steroid dienone is 2. The number of Topliss-reactive ketones (excluding diaryl/α,β-unsaturated/α-hetero) is 2. The number of H-pyrrole nitrogens is 1. The number of rotatable bonds is 2. The predicted molar refractivity (Wildman–Crippen MR) is 70.2 cm³/mol. The fraction of sp³-hybridized carbons (Fsp3) is 0. The van der Waals surface area contributed by atoms with Crippen LogP contribution in [-0.4, -0.2) is 21.8 Å². The third-order valence-corrected chi connectivity index (χ3v) is 3.21. The lowest BCUT2D eigenvalue weighted by Gasteiger charge is -2.16. The summed E-state index contributed by atoms with van der Waals surface area (Å²) in [6.45, 7) is 0. The van der Waals surface area contributed by atoms with Crippen molar-refractivity contribution < 1.29 is 14.0 Å². The van der Waals surface area contributed by atoms with Crippen molar-refractivity contribution in [1.29, 1.82) is 0 Å². The minimum atomic E-state index is -0.530. The molecule has 2 N–H and O–H groups in total. The highest BCUT2D eigenvalue weighted by Crippen LogP contribution is 2.28. The first-order chi connectivity index (χ1) is 9.58. The number of halogens is 2. The van der Waals surface area contributed by atoms with Crippen LogP contribution in [0, 0.1) is 5.82 Å². The first-order valence-corrected chi connectivity index (χ1v) is 6.01. The van der Waals surface area contributed by atoms with Gasteiger partial charge in [0, 0.05) is 5.69 Å². The Balaban J connectivity index is 2.03. The lowest BCUT2D eigenvalue weighted by molar-refractivity contribution is 0.0979. The summed E-state index contributed by atoms with van der Waals surface area (Å²) in [5.41, 5.74) is 0.436. The molecule has 0 spiro atoms. The number of ketones is 2. The SMILES string of the molecule is O=C1C(Nc2cccc(F)c2)=C(Cl)C(=O)c2[nH]ncc21. The van der Waals surface area contributed by atoms with Gasteiger partial charge in [-0.15, -0.1) is 0 Å². The van der Waals surface area contributed by atoms with E-state index in [1.54, 1.807) is 6.07 Å². The highest BCUT2D eigenvalue weighted by molar-refractivity contribution is 6.50. The Morgan fingerprint density at radius 1 is 1.25 bits per heavy atom. The molecule has 1 aliphatic carbocycles. The first kappa shape index (κ1) is 12.6. The number of benzene rings is 1. The van der Waals surface area contributed by atoms with E-state index >= 15 is 0 Å². The summed E-state index contributed by atoms with van der Waals surface area (Å²) >= 11 is 5.91. The Hall–Kier alpha value is -2.47. The van der Waals surface area contributed by atoms with Gasteiger partial charge < -0.3 is 5.32 Å². The van der Waals surface area contributed by atoms with E-state index in [1.165, 1.54) is 24.4 Å². The molecule has 0 radical (unpaired) electrons. The van der Waals surface area contributed by atoms with Crippen molar-refractivity contribution in [2.24, 2.45) is 0 Å². The summed E-state index contributed by atoms with van der Waals surface area (Å²) in [5.74, 6) is -1.47. The molecule has 1 aromatic heterocycles. The molecular formula is C13H7ClFN3O2. The van der Waals surface area contributed by atoms with Crippen molar-refractivity contribution in [2.75, 3.05) is 5.32 Å². The largest absolute Gasteiger partial charge is 0.351 e. The lowest BCUT2D eigenvalue weighted by atomic mass is 9.99. The van der Waals surface area contributed by atoms with Crippen molar-refractivity contribution in [3.63, 3.8) is 0 Å². The standard InChI is InChI=1S/C13H7ClFN3O2/c14-9-11(17-7-3-1-2-6(15)4-7)12(19)8-5-16-18-10(8)13(9)20/h1-5,17H,(H,16,18). The van der Waals surface area contributed by atoms with Gasteiger partial charge in [0.05, 0.1) is 11.8 Å². The van der Waals surface area contributed by atoms with E-state index < -0.39 is 17.4 Å². The second-order valence-corrected chi connectivity index (χ2v) is 4.52. The molecule has 0 saturated carbocycles. The number of aromatic amines is 1. The average molecular weight is 292 g/mol. The van der Waals surface area contributed by atoms with Crippen LogP contribution in [0.2, 0.25) is 0 Å². The molecule has 0 bridgehead atoms. The zero-order valence-electron chi connectivity index (χ0n) is 9.91. The predicted octanol–water partition coefficient (Wildman–Crippen LogP) is 2.49. The summed E-state index contributed by atoms with van der Waals surface area (Å²) < 4.78 is 13.1. The summed E-state index contributed by atoms with van der Waals surface area (Å²) in [6, 6.07) is 5.50. The number of hydrogen-bond acceptors (Lipinski definition) is 4. The number of fused-ring (bicyclic) bond motifs is 1. The number of nitrogens with one attached hydrogen (secondary N) is 2. The molecular weight excluding hydrogens is 285 g/mol. The van der Waals surface area contributed by atoms with Gasteiger partial charge in [-0.3, -0.25) is 14.7 Å². The van der Waals surface area contributed by atoms with Gasteiger partial charge in [-0.2, -0.15) is 5.10 Å². The third-order valence-electron chi connectivity index (χ3n) is 2.85. The molecule has 1 aliphatic rings. The number of aromatic nitrogens is 2. The van der Waals surface area contributed by atoms with Crippen LogP contribution in [0.25, 0.3) is 0 Å². The average Bonchev–Trinajstić information content (AvgIpc) is 2.91. The van der Waals surface area contributed by atoms with Gasteiger partial charge in [-0.1, -0.05) is 17.7 Å². The molecule has 0 saturated heterocycles. The van der Waals surface area contributed by atoms with Gasteiger partial charge in [0.1, 0.15) is 22.2 Å². The van der Waals surface area contributed by atoms with Crippen molar-refractivity contribution in [2.45, 2.75) is 0 Å². The maximum atomic E-state index is 13.1. The maximum Gasteiger partial charge on any atom is 0.225 e. The molecule has 7 heteroatoms. The van der Waals surface area contributed by atoms with Crippen molar-refractivity contribution in [1.82, 2.24) is 10.2 Å². The van der Waals surface area contributed by atoms with Gasteiger partial charge in [-0.25, -0.2) is 4.39 Å². The topological polar surface area (TPSA) is 74.8 Å². The molecule has 0 fully saturated rings. The Morgan fingerprint density at radius 2 is 2.05 bits per heavy atom. The smallest absolute Gasteiger partial charge is 0.225 e. The fourth-order valence-electron chi connectivity index (χ4n) is 1.91. The monoisotopic (exact) mass is 291 g/mol. The quantitative estimate of drug-likeness (QED) is 0.891. The highest BCUT2D eigenvalue weighted by atomic mass is 35.5. The van der Waals surface area contributed by atoms with Crippen LogP contribution >= 0.6 is 11.6 Å². The molecule has 0 aliphatic heterocycles. The van der Waals surface area contributed by atoms with Gasteiger partial charge in [0.2, 0.25) is 11.6 Å². The van der Waals surface area contributed by atoms with E-state index in [0.29, 0.717) is 5.69 Å². The molecule has 5 nitrogen and oxygen atoms in total. The Kier molecular flexibility index (Phi) is 2.87.